The maximum absolute atomic E-state index is 13.3. The molecule has 0 aliphatic carbocycles. The monoisotopic (exact) mass is 445 g/mol. The first-order valence-electron chi connectivity index (χ1n) is 11.5. The molecule has 2 aromatic rings. The second-order valence-corrected chi connectivity index (χ2v) is 8.85. The molecule has 3 aliphatic rings. The minimum Gasteiger partial charge on any atom is -0.301 e. The van der Waals surface area contributed by atoms with Crippen molar-refractivity contribution >= 4 is 17.0 Å². The van der Waals surface area contributed by atoms with Gasteiger partial charge in [-0.05, 0) is 69.5 Å². The van der Waals surface area contributed by atoms with Crippen LogP contribution in [0.25, 0.3) is 11.1 Å². The van der Waals surface area contributed by atoms with Gasteiger partial charge in [0.05, 0.1) is 28.8 Å². The van der Waals surface area contributed by atoms with Gasteiger partial charge < -0.3 is 4.90 Å². The van der Waals surface area contributed by atoms with Crippen molar-refractivity contribution in [1.29, 1.82) is 0 Å². The second kappa shape index (κ2) is 8.90. The lowest BCUT2D eigenvalue weighted by Gasteiger charge is -2.34. The van der Waals surface area contributed by atoms with Crippen LogP contribution in [0.5, 0.6) is 0 Å². The summed E-state index contributed by atoms with van der Waals surface area (Å²) >= 11 is 0. The average Bonchev–Trinajstić information content (AvgIpc) is 3.22. The van der Waals surface area contributed by atoms with E-state index in [-0.39, 0.29) is 12.6 Å². The van der Waals surface area contributed by atoms with E-state index in [9.17, 15) is 9.18 Å². The Labute approximate surface area is 193 Å². The fourth-order valence-electron chi connectivity index (χ4n) is 4.80. The van der Waals surface area contributed by atoms with Crippen LogP contribution in [-0.2, 0) is 4.79 Å². The molecule has 0 saturated carbocycles. The summed E-state index contributed by atoms with van der Waals surface area (Å²) in [6.07, 6.45) is 17.4. The predicted octanol–water partition coefficient (Wildman–Crippen LogP) is 4.15. The van der Waals surface area contributed by atoms with Crippen molar-refractivity contribution in [3.05, 3.63) is 83.3 Å². The first kappa shape index (κ1) is 21.5. The lowest BCUT2D eigenvalue weighted by atomic mass is 9.88. The number of likely N-dealkylation sites (tertiary alicyclic amines) is 1. The fourth-order valence-corrected chi connectivity index (χ4v) is 4.80. The van der Waals surface area contributed by atoms with Crippen molar-refractivity contribution in [1.82, 2.24) is 24.4 Å². The summed E-state index contributed by atoms with van der Waals surface area (Å²) in [6, 6.07) is 1.97. The van der Waals surface area contributed by atoms with Crippen molar-refractivity contribution in [2.75, 3.05) is 26.3 Å². The van der Waals surface area contributed by atoms with Crippen LogP contribution < -0.4 is 0 Å². The number of amides is 1. The molecule has 170 valence electrons. The van der Waals surface area contributed by atoms with Gasteiger partial charge >= 0.3 is 0 Å². The van der Waals surface area contributed by atoms with Crippen LogP contribution in [-0.4, -0.2) is 56.6 Å². The van der Waals surface area contributed by atoms with E-state index >= 15 is 0 Å². The lowest BCUT2D eigenvalue weighted by molar-refractivity contribution is -0.122. The number of rotatable bonds is 4. The van der Waals surface area contributed by atoms with Crippen molar-refractivity contribution in [2.24, 2.45) is 5.92 Å². The molecule has 0 unspecified atom stereocenters. The zero-order valence-electron chi connectivity index (χ0n) is 19.0. The minimum absolute atomic E-state index is 0.0969. The summed E-state index contributed by atoms with van der Waals surface area (Å²) in [5.41, 5.74) is 6.24. The van der Waals surface area contributed by atoms with Crippen LogP contribution in [0.2, 0.25) is 0 Å². The predicted molar refractivity (Wildman–Crippen MR) is 127 cm³/mol. The van der Waals surface area contributed by atoms with Gasteiger partial charge in [0, 0.05) is 30.1 Å². The molecule has 0 bridgehead atoms. The molecule has 6 nitrogen and oxygen atoms in total. The average molecular weight is 446 g/mol. The molecule has 0 N–H and O–H groups in total. The Morgan fingerprint density at radius 2 is 1.97 bits per heavy atom. The summed E-state index contributed by atoms with van der Waals surface area (Å²) in [5.74, 6) is 0.286. The van der Waals surface area contributed by atoms with Crippen LogP contribution in [0.4, 0.5) is 4.39 Å². The molecular weight excluding hydrogens is 417 g/mol. The number of aromatic nitrogens is 3. The smallest absolute Gasteiger partial charge is 0.255 e. The van der Waals surface area contributed by atoms with Gasteiger partial charge in [0.2, 0.25) is 0 Å². The van der Waals surface area contributed by atoms with Gasteiger partial charge in [-0.2, -0.15) is 5.10 Å². The Balaban J connectivity index is 1.41. The molecule has 0 radical (unpaired) electrons. The normalized spacial score (nSPS) is 23.9. The molecule has 0 spiro atoms. The first-order valence-corrected chi connectivity index (χ1v) is 11.5. The molecule has 1 fully saturated rings. The zero-order chi connectivity index (χ0) is 22.9. The molecule has 0 aromatic carbocycles. The van der Waals surface area contributed by atoms with Gasteiger partial charge in [0.1, 0.15) is 6.67 Å². The standard InChI is InChI=1S/C26H28FN5O/c1-18-16-32-25(19(2)28-18)15-24(29-32)21-4-3-5-23-7-6-22(17-31(23)26(33)14-21)20-8-11-30(12-9-20)13-10-27/h3-7,14-17,20H,8-13H2,1-2H3/b4-3+,21-14+,23-5+. The highest BCUT2D eigenvalue weighted by molar-refractivity contribution is 5.99. The summed E-state index contributed by atoms with van der Waals surface area (Å²) in [4.78, 5) is 21.7. The van der Waals surface area contributed by atoms with Crippen molar-refractivity contribution in [3.8, 4) is 0 Å². The molecule has 7 heteroatoms. The van der Waals surface area contributed by atoms with Gasteiger partial charge in [0.15, 0.2) is 0 Å². The topological polar surface area (TPSA) is 53.7 Å². The lowest BCUT2D eigenvalue weighted by Crippen LogP contribution is -2.36. The van der Waals surface area contributed by atoms with Crippen LogP contribution >= 0.6 is 0 Å². The van der Waals surface area contributed by atoms with Crippen molar-refractivity contribution in [2.45, 2.75) is 26.7 Å². The number of alkyl halides is 1. The molecule has 1 saturated heterocycles. The third-order valence-corrected chi connectivity index (χ3v) is 6.58. The SMILES string of the molecule is Cc1cn2nc(C3=C\C(=O)N4C=C(C5CCN(CCF)CC5)C=C\C4=C/C=C/3)cc2c(C)n1. The number of hydrogen-bond acceptors (Lipinski definition) is 4. The minimum atomic E-state index is -0.298. The molecule has 33 heavy (non-hydrogen) atoms. The van der Waals surface area contributed by atoms with Crippen molar-refractivity contribution < 1.29 is 9.18 Å². The van der Waals surface area contributed by atoms with Crippen LogP contribution in [0.15, 0.2) is 66.2 Å². The Morgan fingerprint density at radius 3 is 2.76 bits per heavy atom. The maximum Gasteiger partial charge on any atom is 0.255 e. The molecule has 2 aromatic heterocycles. The number of carbonyl (C=O) groups is 1. The number of allylic oxidation sites excluding steroid dienone is 7. The number of hydrogen-bond donors (Lipinski definition) is 0. The van der Waals surface area contributed by atoms with Crippen molar-refractivity contribution in [3.63, 3.8) is 0 Å². The maximum atomic E-state index is 13.3. The highest BCUT2D eigenvalue weighted by Gasteiger charge is 2.25. The van der Waals surface area contributed by atoms with Gasteiger partial charge in [-0.15, -0.1) is 0 Å². The molecule has 5 rings (SSSR count). The van der Waals surface area contributed by atoms with Gasteiger partial charge in [-0.1, -0.05) is 18.2 Å². The van der Waals surface area contributed by atoms with Crippen LogP contribution in [0.3, 0.4) is 0 Å². The number of fused-ring (bicyclic) bond motifs is 2. The Bertz CT molecular complexity index is 1240. The first-order chi connectivity index (χ1) is 16.0. The number of aryl methyl sites for hydroxylation is 2. The van der Waals surface area contributed by atoms with E-state index in [0.29, 0.717) is 12.5 Å². The van der Waals surface area contributed by atoms with E-state index in [4.69, 9.17) is 0 Å². The Hall–Kier alpha value is -3.32. The third-order valence-electron chi connectivity index (χ3n) is 6.58. The Kier molecular flexibility index (Phi) is 5.81. The van der Waals surface area contributed by atoms with E-state index in [1.54, 1.807) is 11.0 Å². The largest absolute Gasteiger partial charge is 0.301 e. The summed E-state index contributed by atoms with van der Waals surface area (Å²) in [5, 5.41) is 4.68. The Morgan fingerprint density at radius 1 is 1.15 bits per heavy atom. The van der Waals surface area contributed by atoms with E-state index < -0.39 is 0 Å². The quantitative estimate of drug-likeness (QED) is 0.710. The number of piperidine rings is 1. The molecule has 5 heterocycles. The zero-order valence-corrected chi connectivity index (χ0v) is 19.0. The molecule has 1 amide bonds. The van der Waals surface area contributed by atoms with E-state index in [0.717, 1.165) is 65.4 Å². The molecule has 3 aliphatic heterocycles. The summed E-state index contributed by atoms with van der Waals surface area (Å²) in [7, 11) is 0. The van der Waals surface area contributed by atoms with Gasteiger partial charge in [-0.3, -0.25) is 14.7 Å². The number of halogens is 1. The number of carbonyl (C=O) groups excluding carboxylic acids is 1. The van der Waals surface area contributed by atoms with Crippen LogP contribution in [0, 0.1) is 19.8 Å². The molecule has 0 atom stereocenters. The van der Waals surface area contributed by atoms with E-state index in [1.165, 1.54) is 0 Å². The number of nitrogens with zero attached hydrogens (tertiary/aromatic N) is 5. The molecular formula is C26H28FN5O. The summed E-state index contributed by atoms with van der Waals surface area (Å²) < 4.78 is 14.5. The van der Waals surface area contributed by atoms with E-state index in [1.807, 2.05) is 61.1 Å². The van der Waals surface area contributed by atoms with Gasteiger partial charge in [-0.25, -0.2) is 8.91 Å². The van der Waals surface area contributed by atoms with Gasteiger partial charge in [0.25, 0.3) is 5.91 Å². The highest BCUT2D eigenvalue weighted by atomic mass is 19.1. The van der Waals surface area contributed by atoms with E-state index in [2.05, 4.69) is 21.1 Å². The fraction of sp³-hybridized carbons (Fsp3) is 0.346. The highest BCUT2D eigenvalue weighted by Crippen LogP contribution is 2.31. The summed E-state index contributed by atoms with van der Waals surface area (Å²) in [6.45, 7) is 5.91. The third kappa shape index (κ3) is 4.33. The van der Waals surface area contributed by atoms with Crippen LogP contribution in [0.1, 0.15) is 29.9 Å². The second-order valence-electron chi connectivity index (χ2n) is 8.85.